The van der Waals surface area contributed by atoms with Crippen LogP contribution in [-0.4, -0.2) is 61.2 Å². The van der Waals surface area contributed by atoms with Gasteiger partial charge >= 0.3 is 31.4 Å². The topological polar surface area (TPSA) is 167 Å². The number of nitrogens with zero attached hydrogens (tertiary/aromatic N) is 8. The van der Waals surface area contributed by atoms with Crippen LogP contribution in [0.2, 0.25) is 15.1 Å². The Balaban J connectivity index is 0.00000529. The number of hydrogen-bond acceptors (Lipinski definition) is 11. The van der Waals surface area contributed by atoms with Crippen molar-refractivity contribution in [3.05, 3.63) is 87.4 Å². The first kappa shape index (κ1) is 43.1. The van der Waals surface area contributed by atoms with Crippen LogP contribution in [-0.2, 0) is 44.0 Å². The number of esters is 2. The molecule has 308 valence electrons. The van der Waals surface area contributed by atoms with E-state index in [0.29, 0.717) is 39.9 Å². The van der Waals surface area contributed by atoms with Crippen LogP contribution in [0.15, 0.2) is 66.7 Å². The molecule has 17 heteroatoms. The number of fused-ring (bicyclic) bond motifs is 20. The molecule has 13 nitrogen and oxygen atoms in total. The maximum Gasteiger partial charge on any atom is 2.00 e. The van der Waals surface area contributed by atoms with E-state index in [2.05, 4.69) is 32.9 Å². The van der Waals surface area contributed by atoms with Crippen molar-refractivity contribution in [2.75, 3.05) is 13.2 Å². The molecule has 9 rings (SSSR count). The molecule has 0 N–H and O–H groups in total. The molecule has 0 saturated carbocycles. The van der Waals surface area contributed by atoms with Gasteiger partial charge in [0.1, 0.15) is 11.1 Å². The van der Waals surface area contributed by atoms with Crippen LogP contribution >= 0.6 is 34.8 Å². The van der Waals surface area contributed by atoms with Gasteiger partial charge in [-0.1, -0.05) is 116 Å². The summed E-state index contributed by atoms with van der Waals surface area (Å²) in [5.74, 6) is 0.0562. The van der Waals surface area contributed by atoms with E-state index >= 15 is 0 Å². The molecule has 0 fully saturated rings. The second kappa shape index (κ2) is 17.0. The first-order valence-corrected chi connectivity index (χ1v) is 20.7. The van der Waals surface area contributed by atoms with Crippen LogP contribution < -0.4 is 14.7 Å². The van der Waals surface area contributed by atoms with Gasteiger partial charge in [0.05, 0.1) is 59.4 Å². The van der Waals surface area contributed by atoms with Gasteiger partial charge in [0.25, 0.3) is 0 Å². The molecule has 0 unspecified atom stereocenters. The summed E-state index contributed by atoms with van der Waals surface area (Å²) in [5.41, 5.74) is 4.85. The molecule has 0 aliphatic carbocycles. The maximum absolute atomic E-state index is 12.7. The van der Waals surface area contributed by atoms with E-state index in [0.717, 1.165) is 27.5 Å². The molecule has 2 aliphatic rings. The summed E-state index contributed by atoms with van der Waals surface area (Å²) in [4.78, 5) is 65.2. The molecule has 2 aliphatic heterocycles. The Morgan fingerprint density at radius 2 is 1.03 bits per heavy atom. The van der Waals surface area contributed by atoms with Crippen molar-refractivity contribution < 1.29 is 43.3 Å². The van der Waals surface area contributed by atoms with Gasteiger partial charge in [0.2, 0.25) is 0 Å². The van der Waals surface area contributed by atoms with E-state index in [1.165, 1.54) is 0 Å². The van der Waals surface area contributed by atoms with Crippen molar-refractivity contribution >= 4 is 90.9 Å². The minimum Gasteiger partial charge on any atom is -0.486 e. The second-order valence-electron chi connectivity index (χ2n) is 15.4. The first-order chi connectivity index (χ1) is 29.3. The standard InChI is InChI=1S/C45H35Cl3N8O5.Zn/c1-6-59-29(57)19-22(20-30(58)60-7-2)61-36-34(47)32-31(33(46)35(36)48)43-54-39-25-14-10-8-12-23(25)37(49-39)51-41-27-17-16-21(45(3,4)5)18-28(27)42(53-41)52-38-24-13-9-11-15-26(24)40(50-38)55-44(32)56-43;/h8-18,22H,6-7,19-20H2,1-5H3;/q-2;+2. The molecule has 3 aromatic heterocycles. The van der Waals surface area contributed by atoms with E-state index in [1.54, 1.807) is 13.8 Å². The Bertz CT molecular complexity index is 3130. The zero-order valence-electron chi connectivity index (χ0n) is 34.2. The van der Waals surface area contributed by atoms with Gasteiger partial charge in [-0.2, -0.15) is 0 Å². The number of ether oxygens (including phenoxy) is 3. The summed E-state index contributed by atoms with van der Waals surface area (Å²) in [6, 6.07) is 21.3. The van der Waals surface area contributed by atoms with Crippen molar-refractivity contribution in [2.24, 2.45) is 0 Å². The number of aromatic nitrogens is 8. The number of hydrogen-bond donors (Lipinski definition) is 0. The fraction of sp³-hybridized carbons (Fsp3) is 0.244. The number of carbonyl (C=O) groups excluding carboxylic acids is 2. The molecular formula is C45H35Cl3N8O5Zn. The summed E-state index contributed by atoms with van der Waals surface area (Å²) in [5, 5.41) is 1.94. The molecule has 7 aromatic rings. The zero-order chi connectivity index (χ0) is 42.7. The van der Waals surface area contributed by atoms with Crippen molar-refractivity contribution in [2.45, 2.75) is 59.0 Å². The molecule has 5 heterocycles. The fourth-order valence-corrected chi connectivity index (χ4v) is 8.25. The average Bonchev–Trinajstić information content (AvgIpc) is 3.97. The van der Waals surface area contributed by atoms with E-state index < -0.39 is 18.0 Å². The van der Waals surface area contributed by atoms with Gasteiger partial charge in [-0.25, -0.2) is 9.97 Å². The van der Waals surface area contributed by atoms with Crippen molar-refractivity contribution in [3.63, 3.8) is 0 Å². The number of benzene rings is 4. The molecule has 0 saturated heterocycles. The Morgan fingerprint density at radius 1 is 0.597 bits per heavy atom. The van der Waals surface area contributed by atoms with Crippen LogP contribution in [0.5, 0.6) is 5.75 Å². The number of halogens is 3. The SMILES string of the molecule is CCOC(=O)CC(CC(=O)OCC)Oc1c(Cl)c(Cl)c2c3nc4nc(nc5[n-]c(nc6nc(nc([n-]3)c2c1Cl)-c1ccccc1-6)c1cc(C(C)(C)C)ccc51)-c1ccccc1-4.[Zn+2]. The maximum atomic E-state index is 12.7. The molecule has 0 radical (unpaired) electrons. The Morgan fingerprint density at radius 3 is 1.50 bits per heavy atom. The smallest absolute Gasteiger partial charge is 0.486 e. The fourth-order valence-electron chi connectivity index (χ4n) is 7.38. The second-order valence-corrected chi connectivity index (χ2v) is 16.5. The third kappa shape index (κ3) is 7.78. The predicted octanol–water partition coefficient (Wildman–Crippen LogP) is 10.0. The normalized spacial score (nSPS) is 12.0. The predicted molar refractivity (Wildman–Crippen MR) is 235 cm³/mol. The van der Waals surface area contributed by atoms with Crippen LogP contribution in [0, 0.1) is 0 Å². The van der Waals surface area contributed by atoms with E-state index in [1.807, 2.05) is 54.6 Å². The van der Waals surface area contributed by atoms with Gasteiger partial charge in [-0.3, -0.25) is 9.59 Å². The van der Waals surface area contributed by atoms with Crippen LogP contribution in [0.3, 0.4) is 0 Å². The molecule has 62 heavy (non-hydrogen) atoms. The van der Waals surface area contributed by atoms with E-state index in [9.17, 15) is 9.59 Å². The van der Waals surface area contributed by atoms with Crippen LogP contribution in [0.4, 0.5) is 0 Å². The Kier molecular flexibility index (Phi) is 11.8. The molecule has 0 atom stereocenters. The van der Waals surface area contributed by atoms with Gasteiger partial charge in [-0.15, -0.1) is 0 Å². The average molecular weight is 940 g/mol. The van der Waals surface area contributed by atoms with Gasteiger partial charge < -0.3 is 44.1 Å². The first-order valence-electron chi connectivity index (χ1n) is 19.6. The van der Waals surface area contributed by atoms with Crippen molar-refractivity contribution in [3.8, 4) is 51.3 Å². The quantitative estimate of drug-likeness (QED) is 0.0803. The monoisotopic (exact) mass is 936 g/mol. The van der Waals surface area contributed by atoms with Crippen LogP contribution in [0.1, 0.15) is 53.0 Å². The third-order valence-electron chi connectivity index (χ3n) is 10.3. The summed E-state index contributed by atoms with van der Waals surface area (Å²) >= 11 is 21.4. The number of rotatable bonds is 8. The summed E-state index contributed by atoms with van der Waals surface area (Å²) < 4.78 is 16.6. The van der Waals surface area contributed by atoms with E-state index in [-0.39, 0.29) is 99.7 Å². The number of carbonyl (C=O) groups is 2. The molecule has 4 aromatic carbocycles. The van der Waals surface area contributed by atoms with E-state index in [4.69, 9.17) is 88.9 Å². The van der Waals surface area contributed by atoms with Gasteiger partial charge in [-0.05, 0) is 41.7 Å². The van der Waals surface area contributed by atoms with Gasteiger partial charge in [0.15, 0.2) is 5.75 Å². The molecule has 0 spiro atoms. The molecular weight excluding hydrogens is 904 g/mol. The van der Waals surface area contributed by atoms with Crippen molar-refractivity contribution in [1.82, 2.24) is 39.9 Å². The largest absolute Gasteiger partial charge is 2.00 e. The van der Waals surface area contributed by atoms with Crippen molar-refractivity contribution in [1.29, 1.82) is 0 Å². The Hall–Kier alpha value is -5.53. The molecule has 8 bridgehead atoms. The molecule has 0 amide bonds. The minimum absolute atomic E-state index is 0. The van der Waals surface area contributed by atoms with Crippen LogP contribution in [0.25, 0.3) is 89.7 Å². The summed E-state index contributed by atoms with van der Waals surface area (Å²) in [6.07, 6.45) is -1.70. The zero-order valence-corrected chi connectivity index (χ0v) is 39.5. The Labute approximate surface area is 382 Å². The third-order valence-corrected chi connectivity index (χ3v) is 11.5. The summed E-state index contributed by atoms with van der Waals surface area (Å²) in [7, 11) is 0. The van der Waals surface area contributed by atoms with Gasteiger partial charge in [0, 0.05) is 55.6 Å². The summed E-state index contributed by atoms with van der Waals surface area (Å²) in [6.45, 7) is 10.1. The minimum atomic E-state index is -1.09.